The summed E-state index contributed by atoms with van der Waals surface area (Å²) in [6.45, 7) is 8.59. The molecule has 1 aliphatic rings. The number of hydrogen-bond donors (Lipinski definition) is 0. The van der Waals surface area contributed by atoms with Crippen molar-refractivity contribution in [1.82, 2.24) is 14.5 Å². The van der Waals surface area contributed by atoms with Gasteiger partial charge in [-0.2, -0.15) is 0 Å². The second-order valence-electron chi connectivity index (χ2n) is 5.99. The largest absolute Gasteiger partial charge is 0.465 e. The third-order valence-corrected chi connectivity index (χ3v) is 4.19. The number of imidazole rings is 1. The van der Waals surface area contributed by atoms with Crippen LogP contribution < -0.4 is 0 Å². The van der Waals surface area contributed by atoms with E-state index < -0.39 is 0 Å². The van der Waals surface area contributed by atoms with Crippen molar-refractivity contribution >= 4 is 0 Å². The molecule has 0 radical (unpaired) electrons. The van der Waals surface area contributed by atoms with Crippen LogP contribution in [0.1, 0.15) is 37.0 Å². The lowest BCUT2D eigenvalue weighted by Crippen LogP contribution is -2.32. The number of hydrogen-bond acceptors (Lipinski definition) is 4. The van der Waals surface area contributed by atoms with Gasteiger partial charge in [0.15, 0.2) is 0 Å². The second-order valence-corrected chi connectivity index (χ2v) is 5.99. The Labute approximate surface area is 131 Å². The minimum absolute atomic E-state index is 0.342. The van der Waals surface area contributed by atoms with E-state index in [1.54, 1.807) is 0 Å². The molecule has 0 N–H and O–H groups in total. The van der Waals surface area contributed by atoms with E-state index in [4.69, 9.17) is 9.15 Å². The quantitative estimate of drug-likeness (QED) is 0.788. The van der Waals surface area contributed by atoms with E-state index in [0.29, 0.717) is 6.10 Å². The van der Waals surface area contributed by atoms with Crippen molar-refractivity contribution in [1.29, 1.82) is 0 Å². The molecular formula is C17H25N3O2. The van der Waals surface area contributed by atoms with E-state index >= 15 is 0 Å². The fraction of sp³-hybridized carbons (Fsp3) is 0.588. The smallest absolute Gasteiger partial charge is 0.118 e. The molecule has 0 saturated carbocycles. The highest BCUT2D eigenvalue weighted by Crippen LogP contribution is 2.18. The number of aryl methyl sites for hydroxylation is 2. The van der Waals surface area contributed by atoms with Gasteiger partial charge in [0.1, 0.15) is 11.5 Å². The van der Waals surface area contributed by atoms with Gasteiger partial charge in [0, 0.05) is 32.4 Å². The van der Waals surface area contributed by atoms with E-state index in [1.807, 2.05) is 25.5 Å². The summed E-state index contributed by atoms with van der Waals surface area (Å²) in [5, 5.41) is 0. The lowest BCUT2D eigenvalue weighted by molar-refractivity contribution is 0.0645. The Morgan fingerprint density at radius 2 is 2.27 bits per heavy atom. The first kappa shape index (κ1) is 15.3. The van der Waals surface area contributed by atoms with Crippen molar-refractivity contribution in [2.24, 2.45) is 0 Å². The second kappa shape index (κ2) is 7.11. The van der Waals surface area contributed by atoms with E-state index in [9.17, 15) is 0 Å². The van der Waals surface area contributed by atoms with Crippen LogP contribution in [0.5, 0.6) is 0 Å². The lowest BCUT2D eigenvalue weighted by Gasteiger charge is -2.24. The third kappa shape index (κ3) is 3.78. The fourth-order valence-electron chi connectivity index (χ4n) is 3.05. The summed E-state index contributed by atoms with van der Waals surface area (Å²) in [7, 11) is 0. The molecule has 1 atom stereocenters. The van der Waals surface area contributed by atoms with Gasteiger partial charge < -0.3 is 13.7 Å². The molecule has 0 aliphatic carbocycles. The van der Waals surface area contributed by atoms with Crippen LogP contribution in [0.4, 0.5) is 0 Å². The molecule has 120 valence electrons. The molecule has 0 amide bonds. The zero-order valence-electron chi connectivity index (χ0n) is 13.5. The Morgan fingerprint density at radius 1 is 1.36 bits per heavy atom. The number of rotatable bonds is 7. The van der Waals surface area contributed by atoms with Crippen molar-refractivity contribution in [3.8, 4) is 0 Å². The van der Waals surface area contributed by atoms with Gasteiger partial charge in [-0.25, -0.2) is 4.98 Å². The van der Waals surface area contributed by atoms with Crippen LogP contribution in [0.2, 0.25) is 0 Å². The molecular weight excluding hydrogens is 278 g/mol. The van der Waals surface area contributed by atoms with Gasteiger partial charge >= 0.3 is 0 Å². The Hall–Kier alpha value is -1.59. The maximum Gasteiger partial charge on any atom is 0.118 e. The number of nitrogens with zero attached hydrogens (tertiary/aromatic N) is 3. The van der Waals surface area contributed by atoms with Gasteiger partial charge in [0.2, 0.25) is 0 Å². The molecule has 22 heavy (non-hydrogen) atoms. The van der Waals surface area contributed by atoms with E-state index in [-0.39, 0.29) is 0 Å². The van der Waals surface area contributed by atoms with Gasteiger partial charge in [-0.15, -0.1) is 0 Å². The molecule has 1 aliphatic heterocycles. The zero-order valence-corrected chi connectivity index (χ0v) is 13.5. The Bertz CT molecular complexity index is 584. The van der Waals surface area contributed by atoms with Crippen LogP contribution in [0, 0.1) is 6.92 Å². The van der Waals surface area contributed by atoms with Crippen molar-refractivity contribution in [3.63, 3.8) is 0 Å². The zero-order chi connectivity index (χ0) is 15.4. The minimum Gasteiger partial charge on any atom is -0.465 e. The van der Waals surface area contributed by atoms with Gasteiger partial charge in [-0.1, -0.05) is 0 Å². The molecule has 0 spiro atoms. The van der Waals surface area contributed by atoms with Gasteiger partial charge in [-0.3, -0.25) is 4.90 Å². The predicted molar refractivity (Wildman–Crippen MR) is 84.4 cm³/mol. The topological polar surface area (TPSA) is 43.4 Å². The third-order valence-electron chi connectivity index (χ3n) is 4.19. The molecule has 5 nitrogen and oxygen atoms in total. The van der Waals surface area contributed by atoms with Gasteiger partial charge in [0.25, 0.3) is 0 Å². The number of aromatic nitrogens is 2. The summed E-state index contributed by atoms with van der Waals surface area (Å²) in [5.41, 5.74) is 1.24. The molecule has 1 saturated heterocycles. The minimum atomic E-state index is 0.342. The van der Waals surface area contributed by atoms with Crippen LogP contribution in [0.3, 0.4) is 0 Å². The maximum absolute atomic E-state index is 5.81. The van der Waals surface area contributed by atoms with Crippen molar-refractivity contribution in [2.45, 2.75) is 52.4 Å². The number of furan rings is 1. The van der Waals surface area contributed by atoms with Gasteiger partial charge in [-0.05, 0) is 38.8 Å². The number of ether oxygens (including phenoxy) is 1. The Morgan fingerprint density at radius 3 is 2.95 bits per heavy atom. The van der Waals surface area contributed by atoms with Crippen LogP contribution in [-0.4, -0.2) is 33.7 Å². The average Bonchev–Trinajstić information content (AvgIpc) is 3.22. The Balaban J connectivity index is 1.69. The van der Waals surface area contributed by atoms with Crippen molar-refractivity contribution < 1.29 is 9.15 Å². The van der Waals surface area contributed by atoms with Crippen molar-refractivity contribution in [2.75, 3.05) is 13.2 Å². The fourth-order valence-corrected chi connectivity index (χ4v) is 3.05. The normalized spacial score (nSPS) is 18.4. The molecule has 3 heterocycles. The molecule has 0 bridgehead atoms. The van der Waals surface area contributed by atoms with Crippen LogP contribution >= 0.6 is 0 Å². The molecule has 3 rings (SSSR count). The first-order valence-corrected chi connectivity index (χ1v) is 8.13. The summed E-state index contributed by atoms with van der Waals surface area (Å²) >= 11 is 0. The summed E-state index contributed by atoms with van der Waals surface area (Å²) in [5.74, 6) is 1.98. The lowest BCUT2D eigenvalue weighted by atomic mass is 10.2. The Kier molecular flexibility index (Phi) is 4.95. The predicted octanol–water partition coefficient (Wildman–Crippen LogP) is 2.99. The first-order valence-electron chi connectivity index (χ1n) is 8.13. The van der Waals surface area contributed by atoms with E-state index in [0.717, 1.165) is 50.7 Å². The molecule has 1 unspecified atom stereocenters. The summed E-state index contributed by atoms with van der Waals surface area (Å²) in [4.78, 5) is 6.67. The molecule has 2 aromatic heterocycles. The summed E-state index contributed by atoms with van der Waals surface area (Å²) in [6, 6.07) is 4.09. The SMILES string of the molecule is CCn1cncc1CN(Cc1ccc(C)o1)CC1CCCO1. The highest BCUT2D eigenvalue weighted by molar-refractivity contribution is 5.06. The first-order chi connectivity index (χ1) is 10.7. The summed E-state index contributed by atoms with van der Waals surface area (Å²) < 4.78 is 13.7. The molecule has 5 heteroatoms. The van der Waals surface area contributed by atoms with Gasteiger partial charge in [0.05, 0.1) is 24.7 Å². The highest BCUT2D eigenvalue weighted by atomic mass is 16.5. The van der Waals surface area contributed by atoms with Crippen LogP contribution in [0.15, 0.2) is 29.1 Å². The molecule has 1 fully saturated rings. The van der Waals surface area contributed by atoms with Crippen LogP contribution in [-0.2, 0) is 24.4 Å². The van der Waals surface area contributed by atoms with Crippen molar-refractivity contribution in [3.05, 3.63) is 41.9 Å². The summed E-state index contributed by atoms with van der Waals surface area (Å²) in [6.07, 6.45) is 6.52. The van der Waals surface area contributed by atoms with Crippen LogP contribution in [0.25, 0.3) is 0 Å². The average molecular weight is 303 g/mol. The highest BCUT2D eigenvalue weighted by Gasteiger charge is 2.21. The monoisotopic (exact) mass is 303 g/mol. The standard InChI is InChI=1S/C17H25N3O2/c1-3-20-13-18-9-15(20)10-19(11-16-5-4-8-21-16)12-17-7-6-14(2)22-17/h6-7,9,13,16H,3-5,8,10-12H2,1-2H3. The maximum atomic E-state index is 5.81. The van der Waals surface area contributed by atoms with E-state index in [1.165, 1.54) is 12.1 Å². The molecule has 0 aromatic carbocycles. The van der Waals surface area contributed by atoms with E-state index in [2.05, 4.69) is 27.4 Å². The molecule has 2 aromatic rings.